The van der Waals surface area contributed by atoms with E-state index in [1.54, 1.807) is 13.2 Å². The van der Waals surface area contributed by atoms with Gasteiger partial charge >= 0.3 is 0 Å². The summed E-state index contributed by atoms with van der Waals surface area (Å²) in [7, 11) is 1.61. The van der Waals surface area contributed by atoms with E-state index in [9.17, 15) is 4.79 Å². The summed E-state index contributed by atoms with van der Waals surface area (Å²) in [5.41, 5.74) is 2.97. The van der Waals surface area contributed by atoms with E-state index in [0.717, 1.165) is 5.56 Å². The van der Waals surface area contributed by atoms with Crippen molar-refractivity contribution in [3.63, 3.8) is 0 Å². The Morgan fingerprint density at radius 2 is 1.96 bits per heavy atom. The highest BCUT2D eigenvalue weighted by Crippen LogP contribution is 2.27. The number of hydrogen-bond acceptors (Lipinski definition) is 3. The molecule has 2 aromatic rings. The second-order valence-corrected chi connectivity index (χ2v) is 6.27. The van der Waals surface area contributed by atoms with E-state index in [0.29, 0.717) is 24.5 Å². The minimum Gasteiger partial charge on any atom is -0.497 e. The fraction of sp³-hybridized carbons (Fsp3) is 0.350. The molecule has 4 nitrogen and oxygen atoms in total. The van der Waals surface area contributed by atoms with Gasteiger partial charge in [0.05, 0.1) is 26.3 Å². The molecule has 126 valence electrons. The van der Waals surface area contributed by atoms with E-state index in [-0.39, 0.29) is 18.1 Å². The summed E-state index contributed by atoms with van der Waals surface area (Å²) in [4.78, 5) is 14.8. The largest absolute Gasteiger partial charge is 0.497 e. The molecule has 2 aromatic carbocycles. The molecule has 1 saturated heterocycles. The van der Waals surface area contributed by atoms with E-state index < -0.39 is 0 Å². The molecule has 0 aliphatic carbocycles. The second-order valence-electron chi connectivity index (χ2n) is 6.27. The number of carbonyl (C=O) groups is 1. The van der Waals surface area contributed by atoms with Gasteiger partial charge in [0.2, 0.25) is 0 Å². The molecule has 0 radical (unpaired) electrons. The number of amides is 1. The molecular formula is C20H23NO3. The zero-order chi connectivity index (χ0) is 17.1. The first-order chi connectivity index (χ1) is 11.6. The highest BCUT2D eigenvalue weighted by Gasteiger charge is 2.31. The van der Waals surface area contributed by atoms with Crippen molar-refractivity contribution >= 4 is 5.91 Å². The molecular weight excluding hydrogens is 302 g/mol. The summed E-state index contributed by atoms with van der Waals surface area (Å²) in [5.74, 6) is 0.707. The first kappa shape index (κ1) is 16.5. The third kappa shape index (κ3) is 3.44. The predicted octanol–water partition coefficient (Wildman–Crippen LogP) is 3.61. The normalized spacial score (nSPS) is 20.7. The summed E-state index contributed by atoms with van der Waals surface area (Å²) < 4.78 is 11.2. The molecule has 0 N–H and O–H groups in total. The van der Waals surface area contributed by atoms with Gasteiger partial charge in [0.15, 0.2) is 0 Å². The van der Waals surface area contributed by atoms with Gasteiger partial charge in [-0.25, -0.2) is 0 Å². The van der Waals surface area contributed by atoms with Gasteiger partial charge in [-0.05, 0) is 37.6 Å². The Morgan fingerprint density at radius 3 is 2.67 bits per heavy atom. The molecule has 0 spiro atoms. The topological polar surface area (TPSA) is 38.8 Å². The van der Waals surface area contributed by atoms with Crippen LogP contribution in [0.2, 0.25) is 0 Å². The van der Waals surface area contributed by atoms with Crippen LogP contribution >= 0.6 is 0 Å². The number of nitrogens with zero attached hydrogens (tertiary/aromatic N) is 1. The first-order valence-corrected chi connectivity index (χ1v) is 8.21. The Labute approximate surface area is 143 Å². The fourth-order valence-electron chi connectivity index (χ4n) is 2.94. The maximum atomic E-state index is 12.9. The van der Waals surface area contributed by atoms with Crippen molar-refractivity contribution in [1.29, 1.82) is 0 Å². The minimum atomic E-state index is -0.0867. The smallest absolute Gasteiger partial charge is 0.254 e. The predicted molar refractivity (Wildman–Crippen MR) is 93.4 cm³/mol. The number of hydrogen-bond donors (Lipinski definition) is 0. The minimum absolute atomic E-state index is 0.0156. The highest BCUT2D eigenvalue weighted by atomic mass is 16.5. The summed E-state index contributed by atoms with van der Waals surface area (Å²) >= 11 is 0. The quantitative estimate of drug-likeness (QED) is 0.865. The van der Waals surface area contributed by atoms with Crippen molar-refractivity contribution in [1.82, 2.24) is 4.90 Å². The zero-order valence-corrected chi connectivity index (χ0v) is 14.4. The molecule has 1 aliphatic heterocycles. The van der Waals surface area contributed by atoms with E-state index in [2.05, 4.69) is 31.2 Å². The van der Waals surface area contributed by atoms with Gasteiger partial charge in [-0.3, -0.25) is 4.79 Å². The summed E-state index contributed by atoms with van der Waals surface area (Å²) in [6, 6.07) is 15.6. The Bertz CT molecular complexity index is 711. The monoisotopic (exact) mass is 325 g/mol. The number of benzene rings is 2. The molecule has 1 aliphatic rings. The molecule has 4 heteroatoms. The molecule has 1 amide bonds. The number of methoxy groups -OCH3 is 1. The molecule has 1 fully saturated rings. The third-order valence-corrected chi connectivity index (χ3v) is 4.46. The average Bonchev–Trinajstić information content (AvgIpc) is 2.62. The lowest BCUT2D eigenvalue weighted by molar-refractivity contribution is -0.0486. The number of ether oxygens (including phenoxy) is 2. The standard InChI is InChI=1S/C20H23NO3/c1-14-7-9-16(10-8-14)19-12-21(15(2)13-24-19)20(22)17-5-4-6-18(11-17)23-3/h4-11,15,19H,12-13H2,1-3H3. The molecule has 3 rings (SSSR count). The summed E-state index contributed by atoms with van der Waals surface area (Å²) in [6.07, 6.45) is -0.0867. The van der Waals surface area contributed by atoms with E-state index in [1.165, 1.54) is 5.56 Å². The van der Waals surface area contributed by atoms with Crippen molar-refractivity contribution < 1.29 is 14.3 Å². The molecule has 0 aromatic heterocycles. The van der Waals surface area contributed by atoms with Crippen molar-refractivity contribution in [2.75, 3.05) is 20.3 Å². The molecule has 0 saturated carbocycles. The van der Waals surface area contributed by atoms with Crippen molar-refractivity contribution in [2.24, 2.45) is 0 Å². The van der Waals surface area contributed by atoms with Gasteiger partial charge in [-0.15, -0.1) is 0 Å². The number of carbonyl (C=O) groups excluding carboxylic acids is 1. The SMILES string of the molecule is COc1cccc(C(=O)N2CC(c3ccc(C)cc3)OCC2C)c1. The maximum Gasteiger partial charge on any atom is 0.254 e. The van der Waals surface area contributed by atoms with E-state index in [1.807, 2.05) is 30.0 Å². The van der Waals surface area contributed by atoms with Gasteiger partial charge in [0.25, 0.3) is 5.91 Å². The van der Waals surface area contributed by atoms with Crippen LogP contribution in [0.1, 0.15) is 34.5 Å². The Balaban J connectivity index is 1.80. The van der Waals surface area contributed by atoms with Crippen LogP contribution in [-0.4, -0.2) is 37.1 Å². The van der Waals surface area contributed by atoms with Gasteiger partial charge in [0.1, 0.15) is 11.9 Å². The molecule has 2 atom stereocenters. The van der Waals surface area contributed by atoms with Crippen LogP contribution in [0.3, 0.4) is 0 Å². The van der Waals surface area contributed by atoms with Crippen LogP contribution in [0.15, 0.2) is 48.5 Å². The molecule has 24 heavy (non-hydrogen) atoms. The Kier molecular flexibility index (Phi) is 4.86. The van der Waals surface area contributed by atoms with Gasteiger partial charge in [-0.1, -0.05) is 35.9 Å². The summed E-state index contributed by atoms with van der Waals surface area (Å²) in [5, 5.41) is 0. The van der Waals surface area contributed by atoms with Crippen molar-refractivity contribution in [3.8, 4) is 5.75 Å². The van der Waals surface area contributed by atoms with Gasteiger partial charge in [-0.2, -0.15) is 0 Å². The van der Waals surface area contributed by atoms with Crippen molar-refractivity contribution in [3.05, 3.63) is 65.2 Å². The van der Waals surface area contributed by atoms with Gasteiger partial charge < -0.3 is 14.4 Å². The highest BCUT2D eigenvalue weighted by molar-refractivity contribution is 5.95. The van der Waals surface area contributed by atoms with Crippen LogP contribution in [0.25, 0.3) is 0 Å². The number of morpholine rings is 1. The third-order valence-electron chi connectivity index (χ3n) is 4.46. The van der Waals surface area contributed by atoms with E-state index in [4.69, 9.17) is 9.47 Å². The Hall–Kier alpha value is -2.33. The second kappa shape index (κ2) is 7.05. The first-order valence-electron chi connectivity index (χ1n) is 8.21. The molecule has 2 unspecified atom stereocenters. The van der Waals surface area contributed by atoms with Crippen LogP contribution in [0.5, 0.6) is 5.75 Å². The van der Waals surface area contributed by atoms with Crippen LogP contribution in [-0.2, 0) is 4.74 Å². The summed E-state index contributed by atoms with van der Waals surface area (Å²) in [6.45, 7) is 5.17. The maximum absolute atomic E-state index is 12.9. The molecule has 1 heterocycles. The van der Waals surface area contributed by atoms with Gasteiger partial charge in [0, 0.05) is 5.56 Å². The molecule has 0 bridgehead atoms. The van der Waals surface area contributed by atoms with Crippen LogP contribution in [0.4, 0.5) is 0 Å². The lowest BCUT2D eigenvalue weighted by Gasteiger charge is -2.38. The lowest BCUT2D eigenvalue weighted by atomic mass is 10.0. The van der Waals surface area contributed by atoms with Crippen molar-refractivity contribution in [2.45, 2.75) is 26.0 Å². The van der Waals surface area contributed by atoms with E-state index >= 15 is 0 Å². The average molecular weight is 325 g/mol. The lowest BCUT2D eigenvalue weighted by Crippen LogP contribution is -2.48. The van der Waals surface area contributed by atoms with Crippen LogP contribution in [0, 0.1) is 6.92 Å². The Morgan fingerprint density at radius 1 is 1.21 bits per heavy atom. The number of rotatable bonds is 3. The fourth-order valence-corrected chi connectivity index (χ4v) is 2.94. The van der Waals surface area contributed by atoms with Crippen LogP contribution < -0.4 is 4.74 Å². The zero-order valence-electron chi connectivity index (χ0n) is 14.4. The number of aryl methyl sites for hydroxylation is 1.